The Balaban J connectivity index is 2.88. The van der Waals surface area contributed by atoms with E-state index in [1.165, 1.54) is 17.5 Å². The molecule has 0 spiro atoms. The molecule has 0 aliphatic carbocycles. The molecule has 0 radical (unpaired) electrons. The molecule has 0 saturated carbocycles. The summed E-state index contributed by atoms with van der Waals surface area (Å²) < 4.78 is 49.2. The molecule has 23 heavy (non-hydrogen) atoms. The Bertz CT molecular complexity index is 674. The molecule has 1 aromatic rings. The van der Waals surface area contributed by atoms with E-state index < -0.39 is 35.2 Å². The molecule has 2 amide bonds. The third kappa shape index (κ3) is 5.41. The number of nitrogens with one attached hydrogen (secondary N) is 3. The lowest BCUT2D eigenvalue weighted by Crippen LogP contribution is -2.31. The maximum atomic E-state index is 12.5. The number of aromatic nitrogens is 2. The second-order valence-electron chi connectivity index (χ2n) is 4.09. The number of halogens is 4. The Morgan fingerprint density at radius 1 is 1.35 bits per heavy atom. The van der Waals surface area contributed by atoms with Crippen LogP contribution in [0.3, 0.4) is 0 Å². The van der Waals surface area contributed by atoms with E-state index in [9.17, 15) is 27.2 Å². The van der Waals surface area contributed by atoms with E-state index in [1.807, 2.05) is 0 Å². The second-order valence-corrected chi connectivity index (χ2v) is 4.09. The number of carbonyl (C=O) groups is 2. The van der Waals surface area contributed by atoms with Gasteiger partial charge < -0.3 is 10.6 Å². The van der Waals surface area contributed by atoms with Crippen LogP contribution in [0.4, 0.5) is 23.2 Å². The van der Waals surface area contributed by atoms with Crippen LogP contribution in [-0.2, 0) is 4.79 Å². The SMILES string of the molecule is C=C(F)/C=C\C(=C/C)NC(=O)c1[nH]ncc1NC(=O)C(F)(F)F. The molecule has 3 N–H and O–H groups in total. The first kappa shape index (κ1) is 18.1. The summed E-state index contributed by atoms with van der Waals surface area (Å²) in [7, 11) is 0. The Morgan fingerprint density at radius 3 is 2.52 bits per heavy atom. The van der Waals surface area contributed by atoms with E-state index in [1.54, 1.807) is 6.92 Å². The van der Waals surface area contributed by atoms with E-state index in [0.29, 0.717) is 0 Å². The van der Waals surface area contributed by atoms with E-state index in [2.05, 4.69) is 22.1 Å². The van der Waals surface area contributed by atoms with Crippen LogP contribution >= 0.6 is 0 Å². The summed E-state index contributed by atoms with van der Waals surface area (Å²) in [6.45, 7) is 4.54. The molecule has 0 unspecified atom stereocenters. The highest BCUT2D eigenvalue weighted by atomic mass is 19.4. The van der Waals surface area contributed by atoms with Gasteiger partial charge in [-0.05, 0) is 19.1 Å². The van der Waals surface area contributed by atoms with Crippen molar-refractivity contribution in [2.75, 3.05) is 5.32 Å². The Morgan fingerprint density at radius 2 is 2.00 bits per heavy atom. The summed E-state index contributed by atoms with van der Waals surface area (Å²) in [5.41, 5.74) is -0.676. The summed E-state index contributed by atoms with van der Waals surface area (Å²) in [6, 6.07) is 0. The van der Waals surface area contributed by atoms with Gasteiger partial charge in [0.2, 0.25) is 0 Å². The van der Waals surface area contributed by atoms with Crippen molar-refractivity contribution in [3.63, 3.8) is 0 Å². The van der Waals surface area contributed by atoms with E-state index >= 15 is 0 Å². The third-order valence-corrected chi connectivity index (χ3v) is 2.38. The standard InChI is InChI=1S/C13H12F4N4O2/c1-3-8(5-4-7(2)14)19-11(22)10-9(6-18-21-10)20-12(23)13(15,16)17/h3-6H,2H2,1H3,(H,18,21)(H,19,22)(H,20,23)/b5-4-,8-3+. The smallest absolute Gasteiger partial charge is 0.321 e. The molecule has 0 saturated heterocycles. The fourth-order valence-electron chi connectivity index (χ4n) is 1.33. The first-order valence-corrected chi connectivity index (χ1v) is 6.06. The average molecular weight is 332 g/mol. The minimum absolute atomic E-state index is 0.163. The molecule has 0 aromatic carbocycles. The van der Waals surface area contributed by atoms with Crippen molar-refractivity contribution in [3.8, 4) is 0 Å². The lowest BCUT2D eigenvalue weighted by molar-refractivity contribution is -0.167. The van der Waals surface area contributed by atoms with Gasteiger partial charge in [0.1, 0.15) is 11.5 Å². The van der Waals surface area contributed by atoms with E-state index in [4.69, 9.17) is 0 Å². The van der Waals surface area contributed by atoms with Crippen LogP contribution in [0.5, 0.6) is 0 Å². The molecule has 1 rings (SSSR count). The van der Waals surface area contributed by atoms with Gasteiger partial charge in [-0.2, -0.15) is 18.3 Å². The normalized spacial score (nSPS) is 12.3. The largest absolute Gasteiger partial charge is 0.471 e. The van der Waals surface area contributed by atoms with Crippen LogP contribution in [0.2, 0.25) is 0 Å². The summed E-state index contributed by atoms with van der Waals surface area (Å²) in [4.78, 5) is 22.8. The molecular formula is C13H12F4N4O2. The Labute approximate surface area is 127 Å². The number of anilines is 1. The average Bonchev–Trinajstić information content (AvgIpc) is 2.90. The minimum atomic E-state index is -5.11. The van der Waals surface area contributed by atoms with Gasteiger partial charge >= 0.3 is 12.1 Å². The second kappa shape index (κ2) is 7.38. The van der Waals surface area contributed by atoms with E-state index in [-0.39, 0.29) is 5.70 Å². The number of allylic oxidation sites excluding steroid dienone is 4. The molecule has 124 valence electrons. The highest BCUT2D eigenvalue weighted by Gasteiger charge is 2.39. The molecule has 1 heterocycles. The van der Waals surface area contributed by atoms with Gasteiger partial charge in [0.15, 0.2) is 0 Å². The van der Waals surface area contributed by atoms with Crippen LogP contribution < -0.4 is 10.6 Å². The summed E-state index contributed by atoms with van der Waals surface area (Å²) >= 11 is 0. The van der Waals surface area contributed by atoms with Gasteiger partial charge in [-0.15, -0.1) is 0 Å². The highest BCUT2D eigenvalue weighted by Crippen LogP contribution is 2.19. The lowest BCUT2D eigenvalue weighted by Gasteiger charge is -2.09. The molecule has 10 heteroatoms. The number of hydrogen-bond donors (Lipinski definition) is 3. The van der Waals surface area contributed by atoms with Crippen LogP contribution in [-0.4, -0.2) is 28.2 Å². The summed E-state index contributed by atoms with van der Waals surface area (Å²) in [5, 5.41) is 9.40. The molecule has 1 aromatic heterocycles. The number of H-pyrrole nitrogens is 1. The number of hydrogen-bond acceptors (Lipinski definition) is 3. The zero-order valence-electron chi connectivity index (χ0n) is 11.8. The van der Waals surface area contributed by atoms with Crippen LogP contribution in [0, 0.1) is 0 Å². The number of rotatable bonds is 5. The van der Waals surface area contributed by atoms with Crippen molar-refractivity contribution < 1.29 is 27.2 Å². The summed E-state index contributed by atoms with van der Waals surface area (Å²) in [6.07, 6.45) is -0.655. The van der Waals surface area contributed by atoms with Crippen LogP contribution in [0.1, 0.15) is 17.4 Å². The van der Waals surface area contributed by atoms with Crippen LogP contribution in [0.15, 0.2) is 42.5 Å². The number of carbonyl (C=O) groups excluding carboxylic acids is 2. The maximum Gasteiger partial charge on any atom is 0.471 e. The first-order valence-electron chi connectivity index (χ1n) is 6.06. The summed E-state index contributed by atoms with van der Waals surface area (Å²) in [5.74, 6) is -3.87. The highest BCUT2D eigenvalue weighted by molar-refractivity contribution is 6.04. The first-order chi connectivity index (χ1) is 10.6. The number of nitrogens with zero attached hydrogens (tertiary/aromatic N) is 1. The van der Waals surface area contributed by atoms with Crippen molar-refractivity contribution >= 4 is 17.5 Å². The molecule has 6 nitrogen and oxygen atoms in total. The Hall–Kier alpha value is -2.91. The molecule has 0 aliphatic rings. The zero-order chi connectivity index (χ0) is 17.6. The van der Waals surface area contributed by atoms with Crippen molar-refractivity contribution in [1.29, 1.82) is 0 Å². The molecular weight excluding hydrogens is 320 g/mol. The van der Waals surface area contributed by atoms with Crippen molar-refractivity contribution in [3.05, 3.63) is 48.2 Å². The van der Waals surface area contributed by atoms with Gasteiger partial charge in [-0.1, -0.05) is 12.7 Å². The molecule has 0 atom stereocenters. The van der Waals surface area contributed by atoms with Gasteiger partial charge in [0, 0.05) is 5.70 Å². The van der Waals surface area contributed by atoms with Crippen LogP contribution in [0.25, 0.3) is 0 Å². The predicted octanol–water partition coefficient (Wildman–Crippen LogP) is 2.58. The lowest BCUT2D eigenvalue weighted by atomic mass is 10.3. The quantitative estimate of drug-likeness (QED) is 0.572. The van der Waals surface area contributed by atoms with Gasteiger partial charge in [-0.3, -0.25) is 14.7 Å². The van der Waals surface area contributed by atoms with Crippen molar-refractivity contribution in [2.45, 2.75) is 13.1 Å². The maximum absolute atomic E-state index is 12.5. The fraction of sp³-hybridized carbons (Fsp3) is 0.154. The molecule has 0 aliphatic heterocycles. The van der Waals surface area contributed by atoms with E-state index in [0.717, 1.165) is 12.3 Å². The third-order valence-electron chi connectivity index (χ3n) is 2.38. The van der Waals surface area contributed by atoms with Gasteiger partial charge in [0.05, 0.1) is 11.9 Å². The fourth-order valence-corrected chi connectivity index (χ4v) is 1.33. The topological polar surface area (TPSA) is 86.9 Å². The molecule has 0 fully saturated rings. The monoisotopic (exact) mass is 332 g/mol. The number of alkyl halides is 3. The minimum Gasteiger partial charge on any atom is -0.321 e. The van der Waals surface area contributed by atoms with Gasteiger partial charge in [-0.25, -0.2) is 4.39 Å². The van der Waals surface area contributed by atoms with Crippen molar-refractivity contribution in [2.24, 2.45) is 0 Å². The number of aromatic amines is 1. The predicted molar refractivity (Wildman–Crippen MR) is 73.9 cm³/mol. The zero-order valence-corrected chi connectivity index (χ0v) is 11.8. The van der Waals surface area contributed by atoms with Crippen molar-refractivity contribution in [1.82, 2.24) is 15.5 Å². The Kier molecular flexibility index (Phi) is 5.82. The van der Waals surface area contributed by atoms with Gasteiger partial charge in [0.25, 0.3) is 5.91 Å². The number of amides is 2. The molecule has 0 bridgehead atoms.